The van der Waals surface area contributed by atoms with E-state index in [4.69, 9.17) is 0 Å². The maximum absolute atomic E-state index is 13.7. The summed E-state index contributed by atoms with van der Waals surface area (Å²) < 4.78 is 0. The van der Waals surface area contributed by atoms with Gasteiger partial charge in [0.2, 0.25) is 5.91 Å². The van der Waals surface area contributed by atoms with Crippen LogP contribution in [0.25, 0.3) is 0 Å². The molecule has 2 saturated heterocycles. The number of rotatable bonds is 5. The van der Waals surface area contributed by atoms with E-state index in [1.807, 2.05) is 11.0 Å². The van der Waals surface area contributed by atoms with Crippen molar-refractivity contribution >= 4 is 17.4 Å². The number of carbonyl (C=O) groups excluding carboxylic acids is 2. The first-order chi connectivity index (χ1) is 17.7. The zero-order valence-corrected chi connectivity index (χ0v) is 20.8. The second-order valence-corrected chi connectivity index (χ2v) is 10.7. The quantitative estimate of drug-likeness (QED) is 0.503. The number of Topliss-reactive ketones (excluding diaryl/α,β-unsaturated/α-hetero) is 1. The Morgan fingerprint density at radius 1 is 0.806 bits per heavy atom. The Hall–Kier alpha value is -3.40. The summed E-state index contributed by atoms with van der Waals surface area (Å²) in [6.45, 7) is 3.29. The molecule has 4 nitrogen and oxygen atoms in total. The van der Waals surface area contributed by atoms with Gasteiger partial charge in [-0.2, -0.15) is 0 Å². The zero-order chi connectivity index (χ0) is 24.5. The molecule has 36 heavy (non-hydrogen) atoms. The molecule has 0 N–H and O–H groups in total. The van der Waals surface area contributed by atoms with E-state index in [2.05, 4.69) is 83.8 Å². The van der Waals surface area contributed by atoms with Gasteiger partial charge < -0.3 is 9.80 Å². The summed E-state index contributed by atoms with van der Waals surface area (Å²) >= 11 is 0. The highest BCUT2D eigenvalue weighted by Gasteiger charge is 2.55. The SMILES string of the molecule is O=C1CCC(c2ccccc2)(c2ccccc2)C2CN(C(=O)Cc3ccccc3N3CCCC3)CC12. The minimum Gasteiger partial charge on any atom is -0.371 e. The number of carbonyl (C=O) groups is 2. The van der Waals surface area contributed by atoms with Gasteiger partial charge >= 0.3 is 0 Å². The van der Waals surface area contributed by atoms with E-state index >= 15 is 0 Å². The van der Waals surface area contributed by atoms with Gasteiger partial charge in [0.1, 0.15) is 5.78 Å². The van der Waals surface area contributed by atoms with Crippen molar-refractivity contribution in [2.45, 2.75) is 37.5 Å². The van der Waals surface area contributed by atoms with Crippen LogP contribution in [0, 0.1) is 11.8 Å². The molecule has 0 aromatic heterocycles. The molecule has 4 heteroatoms. The number of nitrogens with zero attached hydrogens (tertiary/aromatic N) is 2. The molecule has 1 saturated carbocycles. The number of likely N-dealkylation sites (tertiary alicyclic amines) is 1. The second kappa shape index (κ2) is 9.57. The van der Waals surface area contributed by atoms with E-state index in [0.717, 1.165) is 25.1 Å². The Bertz CT molecular complexity index is 1190. The van der Waals surface area contributed by atoms with Crippen LogP contribution in [0.1, 0.15) is 42.4 Å². The summed E-state index contributed by atoms with van der Waals surface area (Å²) in [7, 11) is 0. The van der Waals surface area contributed by atoms with Crippen molar-refractivity contribution in [3.8, 4) is 0 Å². The number of anilines is 1. The minimum atomic E-state index is -0.260. The van der Waals surface area contributed by atoms with Crippen molar-refractivity contribution in [1.29, 1.82) is 0 Å². The van der Waals surface area contributed by atoms with Crippen molar-refractivity contribution < 1.29 is 9.59 Å². The van der Waals surface area contributed by atoms with E-state index in [1.54, 1.807) is 0 Å². The van der Waals surface area contributed by atoms with Crippen LogP contribution in [0.5, 0.6) is 0 Å². The lowest BCUT2D eigenvalue weighted by Crippen LogP contribution is -2.47. The molecular weight excluding hydrogens is 444 g/mol. The number of fused-ring (bicyclic) bond motifs is 1. The highest BCUT2D eigenvalue weighted by molar-refractivity contribution is 5.87. The van der Waals surface area contributed by atoms with Crippen molar-refractivity contribution in [2.75, 3.05) is 31.1 Å². The third-order valence-electron chi connectivity index (χ3n) is 8.84. The van der Waals surface area contributed by atoms with Crippen LogP contribution < -0.4 is 4.90 Å². The first kappa shape index (κ1) is 23.0. The van der Waals surface area contributed by atoms with Gasteiger partial charge in [0.05, 0.1) is 6.42 Å². The minimum absolute atomic E-state index is 0.0846. The normalized spacial score (nSPS) is 23.1. The van der Waals surface area contributed by atoms with Crippen LogP contribution >= 0.6 is 0 Å². The van der Waals surface area contributed by atoms with E-state index < -0.39 is 0 Å². The summed E-state index contributed by atoms with van der Waals surface area (Å²) in [4.78, 5) is 31.3. The number of amides is 1. The predicted molar refractivity (Wildman–Crippen MR) is 143 cm³/mol. The van der Waals surface area contributed by atoms with Crippen LogP contribution in [0.4, 0.5) is 5.69 Å². The van der Waals surface area contributed by atoms with Crippen LogP contribution in [0.2, 0.25) is 0 Å². The van der Waals surface area contributed by atoms with Gasteiger partial charge in [0.15, 0.2) is 0 Å². The van der Waals surface area contributed by atoms with Gasteiger partial charge in [-0.3, -0.25) is 9.59 Å². The third kappa shape index (κ3) is 3.93. The number of hydrogen-bond donors (Lipinski definition) is 0. The highest BCUT2D eigenvalue weighted by atomic mass is 16.2. The van der Waals surface area contributed by atoms with Crippen LogP contribution in [0.3, 0.4) is 0 Å². The molecule has 0 radical (unpaired) electrons. The summed E-state index contributed by atoms with van der Waals surface area (Å²) in [6, 6.07) is 29.7. The van der Waals surface area contributed by atoms with Gasteiger partial charge in [-0.15, -0.1) is 0 Å². The van der Waals surface area contributed by atoms with Crippen LogP contribution in [-0.2, 0) is 21.4 Å². The molecular formula is C32H34N2O2. The Morgan fingerprint density at radius 3 is 2.08 bits per heavy atom. The van der Waals surface area contributed by atoms with E-state index in [-0.39, 0.29) is 23.2 Å². The fourth-order valence-electron chi connectivity index (χ4n) is 7.08. The Balaban J connectivity index is 1.32. The molecule has 2 atom stereocenters. The first-order valence-corrected chi connectivity index (χ1v) is 13.4. The molecule has 3 aliphatic rings. The first-order valence-electron chi connectivity index (χ1n) is 13.4. The van der Waals surface area contributed by atoms with Crippen molar-refractivity contribution in [1.82, 2.24) is 4.90 Å². The van der Waals surface area contributed by atoms with Crippen LogP contribution in [0.15, 0.2) is 84.9 Å². The molecule has 3 aromatic rings. The molecule has 2 heterocycles. The van der Waals surface area contributed by atoms with Gasteiger partial charge in [0, 0.05) is 55.5 Å². The summed E-state index contributed by atoms with van der Waals surface area (Å²) in [6.07, 6.45) is 4.16. The molecule has 1 amide bonds. The third-order valence-corrected chi connectivity index (χ3v) is 8.84. The topological polar surface area (TPSA) is 40.6 Å². The number of ketones is 1. The smallest absolute Gasteiger partial charge is 0.227 e. The van der Waals surface area contributed by atoms with Gasteiger partial charge in [-0.25, -0.2) is 0 Å². The largest absolute Gasteiger partial charge is 0.371 e. The van der Waals surface area contributed by atoms with Gasteiger partial charge in [-0.05, 0) is 42.0 Å². The molecule has 184 valence electrons. The summed E-state index contributed by atoms with van der Waals surface area (Å²) in [5.41, 5.74) is 4.55. The monoisotopic (exact) mass is 478 g/mol. The second-order valence-electron chi connectivity index (χ2n) is 10.7. The highest BCUT2D eigenvalue weighted by Crippen LogP contribution is 2.52. The van der Waals surface area contributed by atoms with E-state index in [9.17, 15) is 9.59 Å². The average molecular weight is 479 g/mol. The number of para-hydroxylation sites is 1. The molecule has 0 bridgehead atoms. The maximum atomic E-state index is 13.7. The molecule has 2 unspecified atom stereocenters. The lowest BCUT2D eigenvalue weighted by Gasteiger charge is -2.45. The zero-order valence-electron chi connectivity index (χ0n) is 20.8. The van der Waals surface area contributed by atoms with E-state index in [0.29, 0.717) is 31.7 Å². The fourth-order valence-corrected chi connectivity index (χ4v) is 7.08. The van der Waals surface area contributed by atoms with Crippen molar-refractivity contribution in [3.63, 3.8) is 0 Å². The summed E-state index contributed by atoms with van der Waals surface area (Å²) in [5.74, 6) is 0.424. The van der Waals surface area contributed by atoms with E-state index in [1.165, 1.54) is 29.7 Å². The Labute approximate surface area is 213 Å². The fraction of sp³-hybridized carbons (Fsp3) is 0.375. The number of hydrogen-bond acceptors (Lipinski definition) is 3. The lowest BCUT2D eigenvalue weighted by molar-refractivity contribution is -0.129. The van der Waals surface area contributed by atoms with Crippen molar-refractivity contribution in [2.24, 2.45) is 11.8 Å². The van der Waals surface area contributed by atoms with Crippen molar-refractivity contribution in [3.05, 3.63) is 102 Å². The van der Waals surface area contributed by atoms with Crippen LogP contribution in [-0.4, -0.2) is 42.8 Å². The lowest BCUT2D eigenvalue weighted by atomic mass is 9.56. The Kier molecular flexibility index (Phi) is 6.12. The standard InChI is InChI=1S/C32H34N2O2/c35-30-17-18-32(25-12-3-1-4-13-25,26-14-5-2-6-15-26)28-23-34(22-27(28)30)31(36)21-24-11-7-8-16-29(24)33-19-9-10-20-33/h1-8,11-16,27-28H,9-10,17-23H2. The predicted octanol–water partition coefficient (Wildman–Crippen LogP) is 5.25. The maximum Gasteiger partial charge on any atom is 0.227 e. The van der Waals surface area contributed by atoms with Gasteiger partial charge in [-0.1, -0.05) is 78.9 Å². The average Bonchev–Trinajstić information content (AvgIpc) is 3.62. The molecule has 6 rings (SSSR count). The Morgan fingerprint density at radius 2 is 1.42 bits per heavy atom. The molecule has 1 aliphatic carbocycles. The molecule has 2 aliphatic heterocycles. The molecule has 0 spiro atoms. The molecule has 3 fully saturated rings. The van der Waals surface area contributed by atoms with Gasteiger partial charge in [0.25, 0.3) is 0 Å². The molecule has 3 aromatic carbocycles. The summed E-state index contributed by atoms with van der Waals surface area (Å²) in [5, 5.41) is 0. The number of benzene rings is 3.